The number of aromatic amines is 1. The molecule has 170 valence electrons. The van der Waals surface area contributed by atoms with Gasteiger partial charge in [0.15, 0.2) is 0 Å². The zero-order valence-electron chi connectivity index (χ0n) is 19.5. The Bertz CT molecular complexity index is 757. The molecule has 2 atom stereocenters. The van der Waals surface area contributed by atoms with E-state index in [1.54, 1.807) is 0 Å². The molecule has 1 aromatic carbocycles. The molecule has 1 aromatic heterocycles. The molecule has 2 amide bonds. The van der Waals surface area contributed by atoms with Gasteiger partial charge in [-0.25, -0.2) is 0 Å². The van der Waals surface area contributed by atoms with Crippen LogP contribution in [0.3, 0.4) is 0 Å². The van der Waals surface area contributed by atoms with Crippen LogP contribution in [0.4, 0.5) is 0 Å². The van der Waals surface area contributed by atoms with Crippen LogP contribution in [0.15, 0.2) is 30.5 Å². The van der Waals surface area contributed by atoms with Gasteiger partial charge in [0.05, 0.1) is 6.10 Å². The molecule has 0 fully saturated rings. The van der Waals surface area contributed by atoms with Crippen LogP contribution in [0.5, 0.6) is 0 Å². The van der Waals surface area contributed by atoms with Crippen LogP contribution in [0.1, 0.15) is 53.5 Å². The number of benzene rings is 1. The topological polar surface area (TPSA) is 120 Å². The summed E-state index contributed by atoms with van der Waals surface area (Å²) in [4.78, 5) is 26.8. The number of para-hydroxylation sites is 1. The number of hydrogen-bond donors (Lipinski definition) is 5. The molecule has 7 heteroatoms. The highest BCUT2D eigenvalue weighted by Crippen LogP contribution is 2.18. The zero-order valence-corrected chi connectivity index (χ0v) is 19.5. The van der Waals surface area contributed by atoms with Crippen LogP contribution in [0.2, 0.25) is 0 Å². The van der Waals surface area contributed by atoms with Gasteiger partial charge in [0.25, 0.3) is 0 Å². The average molecular weight is 421 g/mol. The molecular formula is C23H40N4O3. The second-order valence-corrected chi connectivity index (χ2v) is 8.67. The number of amides is 2. The van der Waals surface area contributed by atoms with Crippen molar-refractivity contribution in [2.45, 2.75) is 66.5 Å². The van der Waals surface area contributed by atoms with E-state index in [0.717, 1.165) is 23.0 Å². The second kappa shape index (κ2) is 13.8. The van der Waals surface area contributed by atoms with Crippen molar-refractivity contribution < 1.29 is 14.7 Å². The highest BCUT2D eigenvalue weighted by atomic mass is 16.3. The number of nitrogens with one attached hydrogen (secondary N) is 3. The number of aliphatic hydroxyl groups excluding tert-OH is 1. The molecule has 6 N–H and O–H groups in total. The lowest BCUT2D eigenvalue weighted by Crippen LogP contribution is -2.51. The molecule has 2 rings (SSSR count). The Labute approximate surface area is 180 Å². The largest absolute Gasteiger partial charge is 0.391 e. The van der Waals surface area contributed by atoms with Crippen molar-refractivity contribution in [1.29, 1.82) is 0 Å². The van der Waals surface area contributed by atoms with Crippen LogP contribution in [-0.2, 0) is 16.0 Å². The van der Waals surface area contributed by atoms with Crippen LogP contribution < -0.4 is 16.4 Å². The lowest BCUT2D eigenvalue weighted by molar-refractivity contribution is -0.131. The number of carbonyl (C=O) groups is 2. The minimum absolute atomic E-state index is 0.252. The second-order valence-electron chi connectivity index (χ2n) is 8.67. The molecule has 0 radical (unpaired) electrons. The molecule has 0 saturated carbocycles. The Morgan fingerprint density at radius 3 is 2.23 bits per heavy atom. The smallest absolute Gasteiger partial charge is 0.245 e. The van der Waals surface area contributed by atoms with Gasteiger partial charge in [0.2, 0.25) is 11.8 Å². The first-order valence-corrected chi connectivity index (χ1v) is 10.4. The summed E-state index contributed by atoms with van der Waals surface area (Å²) in [5, 5.41) is 15.7. The molecule has 0 aliphatic heterocycles. The lowest BCUT2D eigenvalue weighted by Gasteiger charge is -2.19. The Kier molecular flexibility index (Phi) is 12.7. The highest BCUT2D eigenvalue weighted by molar-refractivity contribution is 5.88. The third-order valence-electron chi connectivity index (χ3n) is 3.62. The van der Waals surface area contributed by atoms with E-state index in [4.69, 9.17) is 5.73 Å². The van der Waals surface area contributed by atoms with Gasteiger partial charge < -0.3 is 26.5 Å². The van der Waals surface area contributed by atoms with Crippen molar-refractivity contribution >= 4 is 22.7 Å². The van der Waals surface area contributed by atoms with E-state index >= 15 is 0 Å². The number of fused-ring (bicyclic) bond motifs is 1. The van der Waals surface area contributed by atoms with Gasteiger partial charge in [0, 0.05) is 30.6 Å². The lowest BCUT2D eigenvalue weighted by atomic mass is 10.0. The number of nitrogens with two attached hydrogens (primary N) is 1. The molecule has 0 aliphatic rings. The van der Waals surface area contributed by atoms with Crippen molar-refractivity contribution in [1.82, 2.24) is 15.6 Å². The van der Waals surface area contributed by atoms with Gasteiger partial charge in [-0.15, -0.1) is 0 Å². The molecule has 0 spiro atoms. The number of aromatic nitrogens is 1. The van der Waals surface area contributed by atoms with Crippen molar-refractivity contribution in [3.8, 4) is 0 Å². The SMILES string of the molecule is CC(C)(C)C.CCN.CNC(=O)C(NC(=O)CCc1c[nH]c2ccccc12)C(C)O. The fourth-order valence-corrected chi connectivity index (χ4v) is 2.39. The molecule has 30 heavy (non-hydrogen) atoms. The number of aliphatic hydroxyl groups is 1. The minimum Gasteiger partial charge on any atom is -0.391 e. The summed E-state index contributed by atoms with van der Waals surface area (Å²) in [6, 6.07) is 6.96. The summed E-state index contributed by atoms with van der Waals surface area (Å²) >= 11 is 0. The number of H-pyrrole nitrogens is 1. The van der Waals surface area contributed by atoms with Gasteiger partial charge in [0.1, 0.15) is 6.04 Å². The quantitative estimate of drug-likeness (QED) is 0.493. The number of rotatable bonds is 6. The van der Waals surface area contributed by atoms with Crippen molar-refractivity contribution in [3.63, 3.8) is 0 Å². The van der Waals surface area contributed by atoms with E-state index in [0.29, 0.717) is 11.8 Å². The summed E-state index contributed by atoms with van der Waals surface area (Å²) in [5.74, 6) is -0.671. The average Bonchev–Trinajstić information content (AvgIpc) is 3.06. The Hall–Kier alpha value is -2.38. The maximum Gasteiger partial charge on any atom is 0.245 e. The van der Waals surface area contributed by atoms with Gasteiger partial charge in [-0.2, -0.15) is 0 Å². The van der Waals surface area contributed by atoms with Crippen LogP contribution in [-0.4, -0.2) is 47.6 Å². The van der Waals surface area contributed by atoms with Crippen molar-refractivity contribution in [2.24, 2.45) is 11.1 Å². The first-order valence-electron chi connectivity index (χ1n) is 10.4. The highest BCUT2D eigenvalue weighted by Gasteiger charge is 2.24. The summed E-state index contributed by atoms with van der Waals surface area (Å²) in [6.45, 7) is 12.9. The van der Waals surface area contributed by atoms with Gasteiger partial charge in [-0.1, -0.05) is 52.8 Å². The Balaban J connectivity index is 0.000000902. The van der Waals surface area contributed by atoms with E-state index in [1.165, 1.54) is 14.0 Å². The van der Waals surface area contributed by atoms with E-state index in [2.05, 4.69) is 43.3 Å². The molecule has 0 bridgehead atoms. The molecule has 2 unspecified atom stereocenters. The molecule has 0 saturated heterocycles. The molecule has 1 heterocycles. The number of aryl methyl sites for hydroxylation is 1. The summed E-state index contributed by atoms with van der Waals surface area (Å²) in [6.07, 6.45) is 1.76. The molecule has 7 nitrogen and oxygen atoms in total. The molecule has 0 aliphatic carbocycles. The predicted octanol–water partition coefficient (Wildman–Crippen LogP) is 2.73. The summed E-state index contributed by atoms with van der Waals surface area (Å²) < 4.78 is 0. The molecular weight excluding hydrogens is 380 g/mol. The number of carbonyl (C=O) groups excluding carboxylic acids is 2. The van der Waals surface area contributed by atoms with Crippen LogP contribution >= 0.6 is 0 Å². The maximum absolute atomic E-state index is 12.0. The standard InChI is InChI=1S/C16H21N3O3.C5H12.C2H7N/c1-10(20)15(16(22)17-2)19-14(21)8-7-11-9-18-13-6-4-3-5-12(11)13;1-5(2,3)4;1-2-3/h3-6,9-10,15,18,20H,7-8H2,1-2H3,(H,17,22)(H,19,21);1-4H3;2-3H2,1H3. The van der Waals surface area contributed by atoms with Crippen molar-refractivity contribution in [2.75, 3.05) is 13.6 Å². The monoisotopic (exact) mass is 420 g/mol. The van der Waals surface area contributed by atoms with Crippen LogP contribution in [0, 0.1) is 5.41 Å². The maximum atomic E-state index is 12.0. The molecule has 2 aromatic rings. The van der Waals surface area contributed by atoms with Gasteiger partial charge >= 0.3 is 0 Å². The number of hydrogen-bond acceptors (Lipinski definition) is 4. The third kappa shape index (κ3) is 11.6. The predicted molar refractivity (Wildman–Crippen MR) is 124 cm³/mol. The fraction of sp³-hybridized carbons (Fsp3) is 0.565. The van der Waals surface area contributed by atoms with E-state index in [-0.39, 0.29) is 12.3 Å². The minimum atomic E-state index is -0.947. The zero-order chi connectivity index (χ0) is 23.3. The Morgan fingerprint density at radius 1 is 1.20 bits per heavy atom. The summed E-state index contributed by atoms with van der Waals surface area (Å²) in [5.41, 5.74) is 7.43. The summed E-state index contributed by atoms with van der Waals surface area (Å²) in [7, 11) is 1.47. The van der Waals surface area contributed by atoms with Crippen molar-refractivity contribution in [3.05, 3.63) is 36.0 Å². The number of likely N-dealkylation sites (N-methyl/N-ethyl adjacent to an activating group) is 1. The fourth-order valence-electron chi connectivity index (χ4n) is 2.39. The normalized spacial score (nSPS) is 12.6. The van der Waals surface area contributed by atoms with Gasteiger partial charge in [-0.05, 0) is 36.9 Å². The van der Waals surface area contributed by atoms with E-state index < -0.39 is 18.1 Å². The first-order chi connectivity index (χ1) is 13.9. The third-order valence-corrected chi connectivity index (χ3v) is 3.62. The van der Waals surface area contributed by atoms with E-state index in [1.807, 2.05) is 37.4 Å². The van der Waals surface area contributed by atoms with Crippen LogP contribution in [0.25, 0.3) is 10.9 Å². The first kappa shape index (κ1) is 27.6. The Morgan fingerprint density at radius 2 is 1.73 bits per heavy atom. The van der Waals surface area contributed by atoms with Gasteiger partial charge in [-0.3, -0.25) is 9.59 Å². The van der Waals surface area contributed by atoms with E-state index in [9.17, 15) is 14.7 Å².